The number of aromatic carboxylic acids is 1. The summed E-state index contributed by atoms with van der Waals surface area (Å²) >= 11 is 1.43. The van der Waals surface area contributed by atoms with Crippen LogP contribution in [0.1, 0.15) is 109 Å². The minimum absolute atomic E-state index is 0.0402. The number of rotatable bonds is 14. The number of amides is 4. The molecule has 394 valence electrons. The molecule has 2 fully saturated rings. The lowest BCUT2D eigenvalue weighted by atomic mass is 9.80. The van der Waals surface area contributed by atoms with E-state index in [0.717, 1.165) is 75.0 Å². The number of nitrogens with one attached hydrogen (secondary N) is 3. The first-order valence-corrected chi connectivity index (χ1v) is 26.8. The summed E-state index contributed by atoms with van der Waals surface area (Å²) in [5, 5.41) is 25.4. The van der Waals surface area contributed by atoms with Crippen molar-refractivity contribution in [3.63, 3.8) is 0 Å². The van der Waals surface area contributed by atoms with Crippen molar-refractivity contribution < 1.29 is 33.8 Å². The SMILES string of the molecule is Cc1c(OCCCN2C[C@@H](C)N(CC(=O)Nc3cccc4c(C5CCC(=O)NC5=O)nn(C)c34)[C@@H](C)C2)cccc1-c1c(C(C)(C)C)cc(N2CCc3cccc(C(=O)Nc4nc5ccccc5s4)c3C2)nc1C(=O)O. The lowest BCUT2D eigenvalue weighted by Crippen LogP contribution is -2.58. The van der Waals surface area contributed by atoms with Crippen molar-refractivity contribution in [1.29, 1.82) is 0 Å². The number of piperazine rings is 1. The van der Waals surface area contributed by atoms with E-state index in [2.05, 4.69) is 75.4 Å². The summed E-state index contributed by atoms with van der Waals surface area (Å²) in [6.07, 6.45) is 2.05. The zero-order chi connectivity index (χ0) is 53.6. The lowest BCUT2D eigenvalue weighted by molar-refractivity contribution is -0.134. The third-order valence-corrected chi connectivity index (χ3v) is 16.0. The molecule has 0 spiro atoms. The van der Waals surface area contributed by atoms with Gasteiger partial charge < -0.3 is 25.0 Å². The molecule has 3 atom stereocenters. The van der Waals surface area contributed by atoms with Gasteiger partial charge in [-0.25, -0.2) is 14.8 Å². The van der Waals surface area contributed by atoms with E-state index < -0.39 is 17.3 Å². The Morgan fingerprint density at radius 3 is 2.43 bits per heavy atom. The number of fused-ring (bicyclic) bond motifs is 3. The Balaban J connectivity index is 0.781. The number of piperidine rings is 1. The predicted molar refractivity (Wildman–Crippen MR) is 295 cm³/mol. The van der Waals surface area contributed by atoms with E-state index >= 15 is 0 Å². The quantitative estimate of drug-likeness (QED) is 0.0596. The molecule has 10 rings (SSSR count). The molecule has 76 heavy (non-hydrogen) atoms. The molecule has 0 bridgehead atoms. The van der Waals surface area contributed by atoms with Gasteiger partial charge in [0.1, 0.15) is 11.6 Å². The third-order valence-electron chi connectivity index (χ3n) is 15.0. The standard InChI is InChI=1S/C58H64N10O7S/c1-33-29-66(30-34(2)68(33)32-49(70)59-44-19-11-17-39-51(64-65(7)53(39)44)40-22-23-48(69)62-55(40)72)25-13-27-75-45-20-12-15-37(35(45)3)50-42(58(4,5)6)28-47(61-52(50)56(73)74)67-26-24-36-14-10-16-38(41(36)31-67)54(71)63-57-60-43-18-8-9-21-46(43)76-57/h8-12,14-21,28,33-34,40H,13,22-27,29-32H2,1-7H3,(H,59,70)(H,73,74)(H,60,63,71)(H,62,69,72)/t33-,34+,40?. The van der Waals surface area contributed by atoms with E-state index in [4.69, 9.17) is 9.72 Å². The summed E-state index contributed by atoms with van der Waals surface area (Å²) in [5.41, 5.74) is 7.70. The molecule has 4 amide bonds. The fourth-order valence-electron chi connectivity index (χ4n) is 11.3. The Labute approximate surface area is 445 Å². The number of ether oxygens (including phenoxy) is 1. The second-order valence-electron chi connectivity index (χ2n) is 21.4. The van der Waals surface area contributed by atoms with Gasteiger partial charge in [-0.15, -0.1) is 0 Å². The smallest absolute Gasteiger partial charge is 0.355 e. The molecule has 3 aromatic heterocycles. The average molecular weight is 1050 g/mol. The predicted octanol–water partition coefficient (Wildman–Crippen LogP) is 8.69. The molecule has 3 aliphatic heterocycles. The van der Waals surface area contributed by atoms with Crippen LogP contribution in [0.2, 0.25) is 0 Å². The fourth-order valence-corrected chi connectivity index (χ4v) is 12.2. The summed E-state index contributed by atoms with van der Waals surface area (Å²) in [6, 6.07) is 27.1. The Morgan fingerprint density at radius 1 is 0.921 bits per heavy atom. The Hall–Kier alpha value is -7.54. The van der Waals surface area contributed by atoms with Gasteiger partial charge in [-0.05, 0) is 110 Å². The number of carbonyl (C=O) groups is 5. The number of pyridine rings is 1. The zero-order valence-corrected chi connectivity index (χ0v) is 44.8. The van der Waals surface area contributed by atoms with Crippen LogP contribution in [0.25, 0.3) is 32.2 Å². The van der Waals surface area contributed by atoms with E-state index in [1.807, 2.05) is 91.9 Å². The fraction of sp³-hybridized carbons (Fsp3) is 0.379. The summed E-state index contributed by atoms with van der Waals surface area (Å²) in [4.78, 5) is 81.6. The maximum atomic E-state index is 13.8. The molecule has 0 radical (unpaired) electrons. The van der Waals surface area contributed by atoms with Gasteiger partial charge in [0.15, 0.2) is 10.8 Å². The molecule has 7 aromatic rings. The summed E-state index contributed by atoms with van der Waals surface area (Å²) in [6.45, 7) is 16.5. The molecule has 6 heterocycles. The first-order valence-electron chi connectivity index (χ1n) is 26.0. The third kappa shape index (κ3) is 10.5. The number of carboxylic acids is 1. The lowest BCUT2D eigenvalue weighted by Gasteiger charge is -2.44. The van der Waals surface area contributed by atoms with Gasteiger partial charge >= 0.3 is 5.97 Å². The van der Waals surface area contributed by atoms with Crippen molar-refractivity contribution >= 4 is 78.7 Å². The van der Waals surface area contributed by atoms with E-state index in [1.54, 1.807) is 11.7 Å². The van der Waals surface area contributed by atoms with Crippen LogP contribution in [-0.4, -0.2) is 116 Å². The molecular formula is C58H64N10O7S. The summed E-state index contributed by atoms with van der Waals surface area (Å²) < 4.78 is 9.15. The number of para-hydroxylation sites is 2. The number of carbonyl (C=O) groups excluding carboxylic acids is 4. The first-order chi connectivity index (χ1) is 36.4. The average Bonchev–Trinajstić information content (AvgIpc) is 3.97. The maximum Gasteiger partial charge on any atom is 0.355 e. The number of nitrogens with zero attached hydrogens (tertiary/aromatic N) is 7. The van der Waals surface area contributed by atoms with Crippen LogP contribution in [0, 0.1) is 6.92 Å². The van der Waals surface area contributed by atoms with Crippen LogP contribution < -0.4 is 25.6 Å². The van der Waals surface area contributed by atoms with Crippen LogP contribution in [0.15, 0.2) is 84.9 Å². The highest BCUT2D eigenvalue weighted by molar-refractivity contribution is 7.22. The van der Waals surface area contributed by atoms with Crippen molar-refractivity contribution in [2.45, 2.75) is 97.2 Å². The first kappa shape index (κ1) is 51.9. The number of thiazole rings is 1. The van der Waals surface area contributed by atoms with Crippen molar-refractivity contribution in [2.75, 3.05) is 54.9 Å². The van der Waals surface area contributed by atoms with E-state index in [-0.39, 0.29) is 54.4 Å². The number of aryl methyl sites for hydroxylation is 1. The molecular weight excluding hydrogens is 981 g/mol. The van der Waals surface area contributed by atoms with Gasteiger partial charge in [-0.1, -0.05) is 80.6 Å². The van der Waals surface area contributed by atoms with Gasteiger partial charge in [-0.3, -0.25) is 39.4 Å². The number of imide groups is 1. The van der Waals surface area contributed by atoms with E-state index in [9.17, 15) is 29.1 Å². The van der Waals surface area contributed by atoms with Gasteiger partial charge in [-0.2, -0.15) is 5.10 Å². The molecule has 1 unspecified atom stereocenters. The van der Waals surface area contributed by atoms with E-state index in [0.29, 0.717) is 71.7 Å². The number of benzene rings is 4. The van der Waals surface area contributed by atoms with Crippen LogP contribution in [0.3, 0.4) is 0 Å². The molecule has 2 saturated heterocycles. The number of carboxylic acid groups (broad SMARTS) is 1. The summed E-state index contributed by atoms with van der Waals surface area (Å²) in [5.74, 6) is -1.48. The second-order valence-corrected chi connectivity index (χ2v) is 22.4. The van der Waals surface area contributed by atoms with Crippen molar-refractivity contribution in [3.05, 3.63) is 124 Å². The topological polar surface area (TPSA) is 204 Å². The van der Waals surface area contributed by atoms with Gasteiger partial charge in [0.25, 0.3) is 5.91 Å². The van der Waals surface area contributed by atoms with Crippen molar-refractivity contribution in [2.24, 2.45) is 7.05 Å². The Bertz CT molecular complexity index is 3390. The van der Waals surface area contributed by atoms with Crippen LogP contribution >= 0.6 is 11.3 Å². The molecule has 4 aromatic carbocycles. The molecule has 17 nitrogen and oxygen atoms in total. The molecule has 18 heteroatoms. The van der Waals surface area contributed by atoms with Gasteiger partial charge in [0.05, 0.1) is 46.2 Å². The largest absolute Gasteiger partial charge is 0.493 e. The van der Waals surface area contributed by atoms with Gasteiger partial charge in [0.2, 0.25) is 17.7 Å². The van der Waals surface area contributed by atoms with E-state index in [1.165, 1.54) is 11.3 Å². The highest BCUT2D eigenvalue weighted by Gasteiger charge is 2.35. The summed E-state index contributed by atoms with van der Waals surface area (Å²) in [7, 11) is 1.79. The minimum Gasteiger partial charge on any atom is -0.493 e. The highest BCUT2D eigenvalue weighted by Crippen LogP contribution is 2.42. The normalized spacial score (nSPS) is 18.4. The van der Waals surface area contributed by atoms with Crippen molar-refractivity contribution in [1.82, 2.24) is 34.9 Å². The second kappa shape index (κ2) is 21.2. The van der Waals surface area contributed by atoms with Crippen LogP contribution in [0.5, 0.6) is 5.75 Å². The zero-order valence-electron chi connectivity index (χ0n) is 44.0. The van der Waals surface area contributed by atoms with Crippen molar-refractivity contribution in [3.8, 4) is 16.9 Å². The minimum atomic E-state index is -1.13. The Kier molecular flexibility index (Phi) is 14.5. The van der Waals surface area contributed by atoms with Gasteiger partial charge in [0, 0.05) is 74.8 Å². The number of aromatic nitrogens is 4. The molecule has 0 aliphatic carbocycles. The highest BCUT2D eigenvalue weighted by atomic mass is 32.1. The Morgan fingerprint density at radius 2 is 1.68 bits per heavy atom. The number of hydrogen-bond donors (Lipinski definition) is 4. The molecule has 0 saturated carbocycles. The van der Waals surface area contributed by atoms with Crippen LogP contribution in [-0.2, 0) is 39.8 Å². The van der Waals surface area contributed by atoms with Crippen LogP contribution in [0.4, 0.5) is 16.6 Å². The molecule has 4 N–H and O–H groups in total. The monoisotopic (exact) mass is 1040 g/mol. The molecule has 3 aliphatic rings. The number of hydrogen-bond acceptors (Lipinski definition) is 13. The number of anilines is 3. The maximum absolute atomic E-state index is 13.8.